The van der Waals surface area contributed by atoms with E-state index in [2.05, 4.69) is 20.4 Å². The zero-order valence-electron chi connectivity index (χ0n) is 15.3. The van der Waals surface area contributed by atoms with Crippen molar-refractivity contribution in [3.63, 3.8) is 0 Å². The molecule has 0 unspecified atom stereocenters. The van der Waals surface area contributed by atoms with Gasteiger partial charge in [0.05, 0.1) is 19.9 Å². The van der Waals surface area contributed by atoms with Gasteiger partial charge >= 0.3 is 0 Å². The number of amides is 1. The second-order valence-electron chi connectivity index (χ2n) is 5.74. The van der Waals surface area contributed by atoms with Crippen molar-refractivity contribution in [2.75, 3.05) is 19.5 Å². The van der Waals surface area contributed by atoms with Gasteiger partial charge in [-0.1, -0.05) is 5.16 Å². The highest BCUT2D eigenvalue weighted by Crippen LogP contribution is 2.33. The number of carbonyl (C=O) groups is 1. The maximum Gasteiger partial charge on any atom is 0.226 e. The van der Waals surface area contributed by atoms with Gasteiger partial charge in [0.15, 0.2) is 22.5 Å². The predicted octanol–water partition coefficient (Wildman–Crippen LogP) is 3.48. The van der Waals surface area contributed by atoms with Crippen molar-refractivity contribution in [3.8, 4) is 22.8 Å². The molecule has 3 rings (SSSR count). The fourth-order valence-corrected chi connectivity index (χ4v) is 3.22. The Kier molecular flexibility index (Phi) is 6.02. The zero-order valence-corrected chi connectivity index (χ0v) is 16.1. The van der Waals surface area contributed by atoms with Crippen LogP contribution in [0.25, 0.3) is 11.3 Å². The minimum atomic E-state index is -0.0977. The Morgan fingerprint density at radius 2 is 2.04 bits per heavy atom. The van der Waals surface area contributed by atoms with Gasteiger partial charge in [0, 0.05) is 23.8 Å². The Bertz CT molecular complexity index is 922. The number of hydrogen-bond donors (Lipinski definition) is 1. The molecular formula is C18H20N4O4S. The maximum atomic E-state index is 12.1. The smallest absolute Gasteiger partial charge is 0.226 e. The van der Waals surface area contributed by atoms with E-state index in [0.717, 1.165) is 11.3 Å². The van der Waals surface area contributed by atoms with Crippen molar-refractivity contribution in [2.24, 2.45) is 0 Å². The van der Waals surface area contributed by atoms with Crippen molar-refractivity contribution >= 4 is 22.4 Å². The van der Waals surface area contributed by atoms with Gasteiger partial charge in [-0.15, -0.1) is 11.3 Å². The van der Waals surface area contributed by atoms with Crippen molar-refractivity contribution in [2.45, 2.75) is 26.2 Å². The number of rotatable bonds is 8. The summed E-state index contributed by atoms with van der Waals surface area (Å²) in [6.07, 6.45) is 1.55. The Morgan fingerprint density at radius 3 is 2.74 bits per heavy atom. The quantitative estimate of drug-likeness (QED) is 0.630. The average Bonchev–Trinajstić information content (AvgIpc) is 3.30. The first-order valence-electron chi connectivity index (χ1n) is 8.36. The van der Waals surface area contributed by atoms with E-state index < -0.39 is 0 Å². The van der Waals surface area contributed by atoms with E-state index in [9.17, 15) is 4.79 Å². The molecular weight excluding hydrogens is 368 g/mol. The molecule has 1 N–H and O–H groups in total. The molecule has 1 amide bonds. The van der Waals surface area contributed by atoms with E-state index in [1.807, 2.05) is 23.6 Å². The fraction of sp³-hybridized carbons (Fsp3) is 0.333. The van der Waals surface area contributed by atoms with Crippen LogP contribution in [0, 0.1) is 6.92 Å². The number of nitrogens with zero attached hydrogens (tertiary/aromatic N) is 3. The summed E-state index contributed by atoms with van der Waals surface area (Å²) in [7, 11) is 3.18. The first-order valence-corrected chi connectivity index (χ1v) is 9.24. The molecule has 0 saturated carbocycles. The number of thiazole rings is 1. The second kappa shape index (κ2) is 8.63. The molecule has 0 bridgehead atoms. The van der Waals surface area contributed by atoms with Gasteiger partial charge in [0.25, 0.3) is 0 Å². The van der Waals surface area contributed by atoms with Crippen LogP contribution >= 0.6 is 11.3 Å². The number of carbonyl (C=O) groups excluding carboxylic acids is 1. The minimum absolute atomic E-state index is 0.0977. The Balaban J connectivity index is 1.56. The van der Waals surface area contributed by atoms with Gasteiger partial charge in [-0.25, -0.2) is 4.98 Å². The molecule has 0 aliphatic rings. The van der Waals surface area contributed by atoms with Gasteiger partial charge < -0.3 is 19.3 Å². The lowest BCUT2D eigenvalue weighted by Crippen LogP contribution is -2.11. The lowest BCUT2D eigenvalue weighted by atomic mass is 10.1. The van der Waals surface area contributed by atoms with E-state index in [4.69, 9.17) is 14.0 Å². The van der Waals surface area contributed by atoms with Crippen LogP contribution in [0.2, 0.25) is 0 Å². The molecule has 0 radical (unpaired) electrons. The Hall–Kier alpha value is -2.94. The van der Waals surface area contributed by atoms with Gasteiger partial charge in [-0.2, -0.15) is 4.98 Å². The summed E-state index contributed by atoms with van der Waals surface area (Å²) in [5.74, 6) is 2.33. The highest BCUT2D eigenvalue weighted by molar-refractivity contribution is 7.14. The summed E-state index contributed by atoms with van der Waals surface area (Å²) in [5.41, 5.74) is 1.65. The third-order valence-corrected chi connectivity index (χ3v) is 4.55. The van der Waals surface area contributed by atoms with E-state index in [1.165, 1.54) is 11.3 Å². The number of anilines is 1. The van der Waals surface area contributed by atoms with Crippen LogP contribution in [-0.4, -0.2) is 35.3 Å². The summed E-state index contributed by atoms with van der Waals surface area (Å²) in [5, 5.41) is 8.99. The molecule has 0 atom stereocenters. The maximum absolute atomic E-state index is 12.1. The van der Waals surface area contributed by atoms with E-state index >= 15 is 0 Å². The SMILES string of the molecule is COc1ccc(-c2csc(NC(=O)CCCc3nc(C)no3)n2)cc1OC. The van der Waals surface area contributed by atoms with Crippen LogP contribution in [0.1, 0.15) is 24.6 Å². The first-order chi connectivity index (χ1) is 13.1. The van der Waals surface area contributed by atoms with Crippen molar-refractivity contribution in [3.05, 3.63) is 35.3 Å². The summed E-state index contributed by atoms with van der Waals surface area (Å²) in [4.78, 5) is 20.7. The summed E-state index contributed by atoms with van der Waals surface area (Å²) >= 11 is 1.37. The van der Waals surface area contributed by atoms with Crippen molar-refractivity contribution in [1.29, 1.82) is 0 Å². The average molecular weight is 388 g/mol. The van der Waals surface area contributed by atoms with Gasteiger partial charge in [0.2, 0.25) is 11.8 Å². The molecule has 142 valence electrons. The molecule has 8 nitrogen and oxygen atoms in total. The number of methoxy groups -OCH3 is 2. The molecule has 9 heteroatoms. The molecule has 0 aliphatic carbocycles. The third-order valence-electron chi connectivity index (χ3n) is 3.79. The summed E-state index contributed by atoms with van der Waals surface area (Å²) in [6.45, 7) is 1.76. The highest BCUT2D eigenvalue weighted by atomic mass is 32.1. The molecule has 0 saturated heterocycles. The summed E-state index contributed by atoms with van der Waals surface area (Å²) < 4.78 is 15.6. The van der Waals surface area contributed by atoms with Crippen LogP contribution < -0.4 is 14.8 Å². The van der Waals surface area contributed by atoms with Gasteiger partial charge in [-0.05, 0) is 31.5 Å². The van der Waals surface area contributed by atoms with Gasteiger partial charge in [0.1, 0.15) is 0 Å². The molecule has 2 heterocycles. The highest BCUT2D eigenvalue weighted by Gasteiger charge is 2.11. The van der Waals surface area contributed by atoms with Crippen LogP contribution in [-0.2, 0) is 11.2 Å². The monoisotopic (exact) mass is 388 g/mol. The minimum Gasteiger partial charge on any atom is -0.493 e. The molecule has 1 aromatic carbocycles. The first kappa shape index (κ1) is 18.8. The van der Waals surface area contributed by atoms with Crippen LogP contribution in [0.4, 0.5) is 5.13 Å². The van der Waals surface area contributed by atoms with E-state index in [-0.39, 0.29) is 5.91 Å². The largest absolute Gasteiger partial charge is 0.493 e. The van der Waals surface area contributed by atoms with Crippen LogP contribution in [0.15, 0.2) is 28.1 Å². The van der Waals surface area contributed by atoms with Crippen molar-refractivity contribution in [1.82, 2.24) is 15.1 Å². The van der Waals surface area contributed by atoms with Crippen molar-refractivity contribution < 1.29 is 18.8 Å². The van der Waals surface area contributed by atoms with E-state index in [0.29, 0.717) is 47.6 Å². The number of aryl methyl sites for hydroxylation is 2. The third kappa shape index (κ3) is 4.82. The molecule has 2 aromatic heterocycles. The van der Waals surface area contributed by atoms with Gasteiger partial charge in [-0.3, -0.25) is 4.79 Å². The number of benzene rings is 1. The normalized spacial score (nSPS) is 10.6. The molecule has 0 spiro atoms. The standard InChI is InChI=1S/C18H20N4O4S/c1-11-19-17(26-22-11)6-4-5-16(23)21-18-20-13(10-27-18)12-7-8-14(24-2)15(9-12)25-3/h7-10H,4-6H2,1-3H3,(H,20,21,23). The molecule has 0 aliphatic heterocycles. The Morgan fingerprint density at radius 1 is 1.22 bits per heavy atom. The topological polar surface area (TPSA) is 99.4 Å². The summed E-state index contributed by atoms with van der Waals surface area (Å²) in [6, 6.07) is 5.57. The fourth-order valence-electron chi connectivity index (χ4n) is 2.48. The van der Waals surface area contributed by atoms with Crippen LogP contribution in [0.3, 0.4) is 0 Å². The molecule has 3 aromatic rings. The second-order valence-corrected chi connectivity index (χ2v) is 6.60. The Labute approximate surface area is 160 Å². The number of aromatic nitrogens is 3. The lowest BCUT2D eigenvalue weighted by Gasteiger charge is -2.08. The number of nitrogens with one attached hydrogen (secondary N) is 1. The molecule has 27 heavy (non-hydrogen) atoms. The lowest BCUT2D eigenvalue weighted by molar-refractivity contribution is -0.116. The number of ether oxygens (including phenoxy) is 2. The molecule has 0 fully saturated rings. The zero-order chi connectivity index (χ0) is 19.2. The number of hydrogen-bond acceptors (Lipinski definition) is 8. The predicted molar refractivity (Wildman–Crippen MR) is 101 cm³/mol. The van der Waals surface area contributed by atoms with E-state index in [1.54, 1.807) is 21.1 Å². The van der Waals surface area contributed by atoms with Crippen LogP contribution in [0.5, 0.6) is 11.5 Å².